The summed E-state index contributed by atoms with van der Waals surface area (Å²) in [5, 5.41) is 2.91. The van der Waals surface area contributed by atoms with Gasteiger partial charge in [-0.1, -0.05) is 0 Å². The van der Waals surface area contributed by atoms with E-state index in [2.05, 4.69) is 15.3 Å². The largest absolute Gasteiger partial charge is 0.466 e. The lowest BCUT2D eigenvalue weighted by molar-refractivity contribution is -0.142. The predicted molar refractivity (Wildman–Crippen MR) is 64.1 cm³/mol. The van der Waals surface area contributed by atoms with Gasteiger partial charge in [0.1, 0.15) is 0 Å². The summed E-state index contributed by atoms with van der Waals surface area (Å²) < 4.78 is 4.80. The van der Waals surface area contributed by atoms with Crippen LogP contribution in [0.15, 0.2) is 4.79 Å². The molecular formula is C11H17N3O3. The fourth-order valence-corrected chi connectivity index (χ4v) is 1.43. The molecule has 0 fully saturated rings. The van der Waals surface area contributed by atoms with Gasteiger partial charge in [-0.2, -0.15) is 0 Å². The molecule has 0 unspecified atom stereocenters. The Labute approximate surface area is 99.4 Å². The van der Waals surface area contributed by atoms with Gasteiger partial charge in [0.2, 0.25) is 5.95 Å². The topological polar surface area (TPSA) is 84.1 Å². The van der Waals surface area contributed by atoms with Gasteiger partial charge < -0.3 is 10.1 Å². The normalized spacial score (nSPS) is 10.1. The van der Waals surface area contributed by atoms with Gasteiger partial charge in [-0.3, -0.25) is 14.6 Å². The number of nitrogens with one attached hydrogen (secondary N) is 2. The van der Waals surface area contributed by atoms with E-state index >= 15 is 0 Å². The first-order valence-corrected chi connectivity index (χ1v) is 5.57. The van der Waals surface area contributed by atoms with Crippen LogP contribution in [-0.2, 0) is 16.0 Å². The van der Waals surface area contributed by atoms with Crippen molar-refractivity contribution in [1.82, 2.24) is 9.97 Å². The SMILES string of the molecule is CCNc1nc(C)c(CC(=O)OCC)c(=O)[nH]1. The number of hydrogen-bond acceptors (Lipinski definition) is 5. The Bertz CT molecular complexity index is 454. The maximum atomic E-state index is 11.7. The first-order chi connectivity index (χ1) is 8.08. The Morgan fingerprint density at radius 3 is 2.71 bits per heavy atom. The summed E-state index contributed by atoms with van der Waals surface area (Å²) >= 11 is 0. The molecule has 6 heteroatoms. The monoisotopic (exact) mass is 239 g/mol. The number of carbonyl (C=O) groups excluding carboxylic acids is 1. The number of nitrogens with zero attached hydrogens (tertiary/aromatic N) is 1. The van der Waals surface area contributed by atoms with E-state index < -0.39 is 5.97 Å². The van der Waals surface area contributed by atoms with Crippen LogP contribution in [0.5, 0.6) is 0 Å². The molecule has 2 N–H and O–H groups in total. The second-order valence-electron chi connectivity index (χ2n) is 3.49. The minimum Gasteiger partial charge on any atom is -0.466 e. The molecule has 1 aromatic rings. The second-order valence-corrected chi connectivity index (χ2v) is 3.49. The Hall–Kier alpha value is -1.85. The van der Waals surface area contributed by atoms with Gasteiger partial charge in [-0.25, -0.2) is 4.98 Å². The average Bonchev–Trinajstić information content (AvgIpc) is 2.24. The van der Waals surface area contributed by atoms with Crippen molar-refractivity contribution in [3.8, 4) is 0 Å². The number of esters is 1. The molecule has 0 spiro atoms. The van der Waals surface area contributed by atoms with Gasteiger partial charge in [0.05, 0.1) is 18.7 Å². The minimum absolute atomic E-state index is 0.0472. The van der Waals surface area contributed by atoms with Crippen LogP contribution in [-0.4, -0.2) is 29.1 Å². The van der Waals surface area contributed by atoms with E-state index in [0.717, 1.165) is 0 Å². The van der Waals surface area contributed by atoms with E-state index in [1.165, 1.54) is 0 Å². The van der Waals surface area contributed by atoms with Crippen molar-refractivity contribution in [2.45, 2.75) is 27.2 Å². The molecule has 0 aliphatic heterocycles. The van der Waals surface area contributed by atoms with Crippen molar-refractivity contribution in [2.75, 3.05) is 18.5 Å². The number of H-pyrrole nitrogens is 1. The molecule has 0 aliphatic carbocycles. The molecule has 0 amide bonds. The van der Waals surface area contributed by atoms with Crippen molar-refractivity contribution in [3.05, 3.63) is 21.6 Å². The molecule has 0 aliphatic rings. The van der Waals surface area contributed by atoms with Crippen molar-refractivity contribution in [3.63, 3.8) is 0 Å². The fourth-order valence-electron chi connectivity index (χ4n) is 1.43. The van der Waals surface area contributed by atoms with Crippen molar-refractivity contribution >= 4 is 11.9 Å². The molecule has 0 radical (unpaired) electrons. The molecule has 1 rings (SSSR count). The van der Waals surface area contributed by atoms with E-state index in [-0.39, 0.29) is 12.0 Å². The van der Waals surface area contributed by atoms with Crippen LogP contribution in [0.4, 0.5) is 5.95 Å². The first kappa shape index (κ1) is 13.2. The first-order valence-electron chi connectivity index (χ1n) is 5.57. The van der Waals surface area contributed by atoms with Gasteiger partial charge in [0.25, 0.3) is 5.56 Å². The molecule has 0 aromatic carbocycles. The third kappa shape index (κ3) is 3.58. The average molecular weight is 239 g/mol. The van der Waals surface area contributed by atoms with Gasteiger partial charge in [-0.05, 0) is 20.8 Å². The standard InChI is InChI=1S/C11H17N3O3/c1-4-12-11-13-7(3)8(10(16)14-11)6-9(15)17-5-2/h4-6H2,1-3H3,(H2,12,13,14,16). The zero-order valence-electron chi connectivity index (χ0n) is 10.3. The number of aryl methyl sites for hydroxylation is 1. The summed E-state index contributed by atoms with van der Waals surface area (Å²) in [5.74, 6) is 0.00158. The van der Waals surface area contributed by atoms with Crippen LogP contribution in [0, 0.1) is 6.92 Å². The number of hydrogen-bond donors (Lipinski definition) is 2. The number of aromatic nitrogens is 2. The van der Waals surface area contributed by atoms with E-state index in [0.29, 0.717) is 30.4 Å². The lowest BCUT2D eigenvalue weighted by atomic mass is 10.2. The molecule has 0 bridgehead atoms. The molecule has 0 saturated carbocycles. The smallest absolute Gasteiger partial charge is 0.310 e. The second kappa shape index (κ2) is 6.03. The summed E-state index contributed by atoms with van der Waals surface area (Å²) in [7, 11) is 0. The van der Waals surface area contributed by atoms with Crippen LogP contribution in [0.3, 0.4) is 0 Å². The number of aromatic amines is 1. The van der Waals surface area contributed by atoms with Crippen LogP contribution in [0.1, 0.15) is 25.1 Å². The lowest BCUT2D eigenvalue weighted by Crippen LogP contribution is -2.22. The Balaban J connectivity index is 2.94. The van der Waals surface area contributed by atoms with Crippen LogP contribution >= 0.6 is 0 Å². The van der Waals surface area contributed by atoms with Gasteiger partial charge in [-0.15, -0.1) is 0 Å². The van der Waals surface area contributed by atoms with Gasteiger partial charge in [0, 0.05) is 12.1 Å². The molecule has 6 nitrogen and oxygen atoms in total. The van der Waals surface area contributed by atoms with E-state index in [9.17, 15) is 9.59 Å². The third-order valence-corrected chi connectivity index (χ3v) is 2.19. The molecule has 0 atom stereocenters. The van der Waals surface area contributed by atoms with Crippen molar-refractivity contribution in [1.29, 1.82) is 0 Å². The zero-order chi connectivity index (χ0) is 12.8. The minimum atomic E-state index is -0.417. The highest BCUT2D eigenvalue weighted by atomic mass is 16.5. The summed E-state index contributed by atoms with van der Waals surface area (Å²) in [6.45, 7) is 6.30. The number of ether oxygens (including phenoxy) is 1. The van der Waals surface area contributed by atoms with Crippen LogP contribution in [0.25, 0.3) is 0 Å². The number of anilines is 1. The molecule has 1 aromatic heterocycles. The van der Waals surface area contributed by atoms with Crippen LogP contribution < -0.4 is 10.9 Å². The molecule has 17 heavy (non-hydrogen) atoms. The summed E-state index contributed by atoms with van der Waals surface area (Å²) in [6, 6.07) is 0. The highest BCUT2D eigenvalue weighted by molar-refractivity contribution is 5.72. The molecule has 1 heterocycles. The highest BCUT2D eigenvalue weighted by Crippen LogP contribution is 2.04. The highest BCUT2D eigenvalue weighted by Gasteiger charge is 2.12. The molecular weight excluding hydrogens is 222 g/mol. The maximum absolute atomic E-state index is 11.7. The predicted octanol–water partition coefficient (Wildman–Crippen LogP) is 0.616. The number of carbonyl (C=O) groups is 1. The van der Waals surface area contributed by atoms with Crippen molar-refractivity contribution < 1.29 is 9.53 Å². The van der Waals surface area contributed by atoms with Crippen LogP contribution in [0.2, 0.25) is 0 Å². The third-order valence-electron chi connectivity index (χ3n) is 2.19. The van der Waals surface area contributed by atoms with Gasteiger partial charge in [0.15, 0.2) is 0 Å². The molecule has 94 valence electrons. The Morgan fingerprint density at radius 2 is 2.18 bits per heavy atom. The Morgan fingerprint density at radius 1 is 1.47 bits per heavy atom. The summed E-state index contributed by atoms with van der Waals surface area (Å²) in [6.07, 6.45) is -0.0472. The summed E-state index contributed by atoms with van der Waals surface area (Å²) in [5.41, 5.74) is 0.587. The molecule has 0 saturated heterocycles. The van der Waals surface area contributed by atoms with E-state index in [1.54, 1.807) is 13.8 Å². The van der Waals surface area contributed by atoms with E-state index in [4.69, 9.17) is 4.74 Å². The maximum Gasteiger partial charge on any atom is 0.310 e. The van der Waals surface area contributed by atoms with Crippen molar-refractivity contribution in [2.24, 2.45) is 0 Å². The Kier molecular flexibility index (Phi) is 4.68. The zero-order valence-corrected chi connectivity index (χ0v) is 10.3. The quantitative estimate of drug-likeness (QED) is 0.736. The van der Waals surface area contributed by atoms with Gasteiger partial charge >= 0.3 is 5.97 Å². The lowest BCUT2D eigenvalue weighted by Gasteiger charge is -2.07. The van der Waals surface area contributed by atoms with E-state index in [1.807, 2.05) is 6.92 Å². The fraction of sp³-hybridized carbons (Fsp3) is 0.545. The number of rotatable bonds is 5. The summed E-state index contributed by atoms with van der Waals surface area (Å²) in [4.78, 5) is 29.8.